The van der Waals surface area contributed by atoms with Gasteiger partial charge in [-0.3, -0.25) is 0 Å². The molecule has 0 nitrogen and oxygen atoms in total. The first-order chi connectivity index (χ1) is 2.50. The van der Waals surface area contributed by atoms with Crippen LogP contribution in [0.15, 0.2) is 0 Å². The summed E-state index contributed by atoms with van der Waals surface area (Å²) in [5.41, 5.74) is 0. The van der Waals surface area contributed by atoms with Gasteiger partial charge in [0.15, 0.2) is 0 Å². The third-order valence-corrected chi connectivity index (χ3v) is 1.25. The van der Waals surface area contributed by atoms with Crippen molar-refractivity contribution in [3.05, 3.63) is 0 Å². The molecule has 1 saturated carbocycles. The molecule has 6 heavy (non-hydrogen) atoms. The van der Waals surface area contributed by atoms with Crippen LogP contribution >= 0.6 is 0 Å². The van der Waals surface area contributed by atoms with Crippen LogP contribution in [0.25, 0.3) is 0 Å². The fraction of sp³-hybridized carbons (Fsp3) is 1.00. The van der Waals surface area contributed by atoms with E-state index >= 15 is 0 Å². The van der Waals surface area contributed by atoms with Crippen molar-refractivity contribution >= 4 is 0 Å². The van der Waals surface area contributed by atoms with Crippen LogP contribution in [-0.2, 0) is 20.4 Å². The Bertz CT molecular complexity index is 15.5. The van der Waals surface area contributed by atoms with E-state index in [2.05, 4.69) is 0 Å². The Morgan fingerprint density at radius 3 is 0.833 bits per heavy atom. The quantitative estimate of drug-likeness (QED) is 0.495. The van der Waals surface area contributed by atoms with Crippen molar-refractivity contribution in [3.8, 4) is 0 Å². The van der Waals surface area contributed by atoms with Gasteiger partial charge >= 0.3 is 0 Å². The van der Waals surface area contributed by atoms with Gasteiger partial charge in [0.1, 0.15) is 0 Å². The molecule has 0 bridgehead atoms. The molecule has 1 rings (SSSR count). The van der Waals surface area contributed by atoms with Crippen molar-refractivity contribution in [1.82, 2.24) is 0 Å². The van der Waals surface area contributed by atoms with Crippen LogP contribution in [0.3, 0.4) is 0 Å². The first-order valence-electron chi connectivity index (χ1n) is 2.50. The first-order valence-corrected chi connectivity index (χ1v) is 2.50. The third kappa shape index (κ3) is 1.95. The van der Waals surface area contributed by atoms with E-state index in [-0.39, 0.29) is 20.4 Å². The van der Waals surface area contributed by atoms with Crippen molar-refractivity contribution in [1.29, 1.82) is 0 Å². The minimum Gasteiger partial charge on any atom is -0.0533 e. The molecule has 1 aliphatic rings. The summed E-state index contributed by atoms with van der Waals surface area (Å²) >= 11 is 0. The second-order valence-electron chi connectivity index (χ2n) is 1.77. The van der Waals surface area contributed by atoms with Gasteiger partial charge in [-0.15, -0.1) is 0 Å². The number of hydrogen-bond acceptors (Lipinski definition) is 0. The second kappa shape index (κ2) is 3.84. The Hall–Kier alpha value is 0.662. The monoisotopic (exact) mass is 176 g/mol. The van der Waals surface area contributed by atoms with Gasteiger partial charge in [-0.05, 0) is 0 Å². The van der Waals surface area contributed by atoms with Gasteiger partial charge in [0, 0.05) is 20.4 Å². The van der Waals surface area contributed by atoms with Crippen LogP contribution in [-0.4, -0.2) is 0 Å². The summed E-state index contributed by atoms with van der Waals surface area (Å²) in [5.74, 6) is 0. The van der Waals surface area contributed by atoms with Gasteiger partial charge in [0.25, 0.3) is 0 Å². The first kappa shape index (κ1) is 6.66. The van der Waals surface area contributed by atoms with Crippen molar-refractivity contribution in [3.63, 3.8) is 0 Å². The molecular formula is C5H10Pd. The molecule has 0 aromatic heterocycles. The average molecular weight is 177 g/mol. The molecule has 0 spiro atoms. The molecule has 0 unspecified atom stereocenters. The molecule has 0 radical (unpaired) electrons. The molecule has 0 N–H and O–H groups in total. The molecule has 1 fully saturated rings. The Morgan fingerprint density at radius 1 is 0.500 bits per heavy atom. The van der Waals surface area contributed by atoms with Crippen LogP contribution in [0.4, 0.5) is 0 Å². The maximum Gasteiger partial charge on any atom is 0 e. The summed E-state index contributed by atoms with van der Waals surface area (Å²) in [6.45, 7) is 0. The summed E-state index contributed by atoms with van der Waals surface area (Å²) in [4.78, 5) is 0. The summed E-state index contributed by atoms with van der Waals surface area (Å²) < 4.78 is 0. The molecule has 0 heterocycles. The van der Waals surface area contributed by atoms with Crippen molar-refractivity contribution in [2.24, 2.45) is 0 Å². The third-order valence-electron chi connectivity index (χ3n) is 1.25. The molecule has 1 heteroatoms. The topological polar surface area (TPSA) is 0 Å². The molecule has 40 valence electrons. The largest absolute Gasteiger partial charge is 0.0533 e. The van der Waals surface area contributed by atoms with E-state index in [4.69, 9.17) is 0 Å². The van der Waals surface area contributed by atoms with Crippen LogP contribution in [0.2, 0.25) is 0 Å². The van der Waals surface area contributed by atoms with Crippen molar-refractivity contribution in [2.45, 2.75) is 32.1 Å². The van der Waals surface area contributed by atoms with E-state index in [1.807, 2.05) is 0 Å². The smallest absolute Gasteiger partial charge is 0 e. The van der Waals surface area contributed by atoms with E-state index in [0.29, 0.717) is 0 Å². The predicted octanol–water partition coefficient (Wildman–Crippen LogP) is 1.95. The summed E-state index contributed by atoms with van der Waals surface area (Å²) in [5, 5.41) is 0. The van der Waals surface area contributed by atoms with Gasteiger partial charge in [0.05, 0.1) is 0 Å². The van der Waals surface area contributed by atoms with Crippen LogP contribution in [0.1, 0.15) is 32.1 Å². The van der Waals surface area contributed by atoms with Gasteiger partial charge < -0.3 is 0 Å². The van der Waals surface area contributed by atoms with Crippen LogP contribution in [0.5, 0.6) is 0 Å². The summed E-state index contributed by atoms with van der Waals surface area (Å²) in [6.07, 6.45) is 7.50. The Kier molecular flexibility index (Phi) is 4.26. The van der Waals surface area contributed by atoms with Gasteiger partial charge in [-0.1, -0.05) is 32.1 Å². The fourth-order valence-electron chi connectivity index (χ4n) is 0.884. The normalized spacial score (nSPS) is 20.0. The molecule has 0 saturated heterocycles. The zero-order valence-electron chi connectivity index (χ0n) is 3.85. The Labute approximate surface area is 53.0 Å². The summed E-state index contributed by atoms with van der Waals surface area (Å²) in [7, 11) is 0. The van der Waals surface area contributed by atoms with Crippen molar-refractivity contribution in [2.75, 3.05) is 0 Å². The molecule has 1 aliphatic carbocycles. The van der Waals surface area contributed by atoms with E-state index in [9.17, 15) is 0 Å². The van der Waals surface area contributed by atoms with E-state index in [1.54, 1.807) is 0 Å². The SMILES string of the molecule is C1CCCC1.[Pd]. The van der Waals surface area contributed by atoms with E-state index in [1.165, 1.54) is 32.1 Å². The molecule has 0 aliphatic heterocycles. The van der Waals surface area contributed by atoms with Crippen LogP contribution in [0, 0.1) is 0 Å². The van der Waals surface area contributed by atoms with Gasteiger partial charge in [-0.2, -0.15) is 0 Å². The van der Waals surface area contributed by atoms with Gasteiger partial charge in [-0.25, -0.2) is 0 Å². The molecular weight excluding hydrogens is 166 g/mol. The maximum atomic E-state index is 1.50. The van der Waals surface area contributed by atoms with Crippen molar-refractivity contribution < 1.29 is 20.4 Å². The Morgan fingerprint density at radius 2 is 0.667 bits per heavy atom. The van der Waals surface area contributed by atoms with Crippen LogP contribution < -0.4 is 0 Å². The predicted molar refractivity (Wildman–Crippen MR) is 23.1 cm³/mol. The number of rotatable bonds is 0. The maximum absolute atomic E-state index is 1.50. The standard InChI is InChI=1S/C5H10.Pd/c1-2-4-5-3-1;/h1-5H2;. The average Bonchev–Trinajstić information content (AvgIpc) is 1.76. The van der Waals surface area contributed by atoms with E-state index < -0.39 is 0 Å². The van der Waals surface area contributed by atoms with Gasteiger partial charge in [0.2, 0.25) is 0 Å². The zero-order chi connectivity index (χ0) is 3.54. The molecule has 0 aromatic carbocycles. The minimum absolute atomic E-state index is 0. The molecule has 0 amide bonds. The summed E-state index contributed by atoms with van der Waals surface area (Å²) in [6, 6.07) is 0. The fourth-order valence-corrected chi connectivity index (χ4v) is 0.884. The molecule has 0 aromatic rings. The van der Waals surface area contributed by atoms with E-state index in [0.717, 1.165) is 0 Å². The second-order valence-corrected chi connectivity index (χ2v) is 1.77. The zero-order valence-corrected chi connectivity index (χ0v) is 5.41. The Balaban J connectivity index is 0.000000250. The minimum atomic E-state index is 0. The molecule has 0 atom stereocenters. The number of hydrogen-bond donors (Lipinski definition) is 0.